The Bertz CT molecular complexity index is 595. The molecular weight excluding hydrogens is 334 g/mol. The monoisotopic (exact) mass is 351 g/mol. The van der Waals surface area contributed by atoms with E-state index >= 15 is 0 Å². The summed E-state index contributed by atoms with van der Waals surface area (Å²) in [5.41, 5.74) is 7.23. The van der Waals surface area contributed by atoms with Crippen molar-refractivity contribution in [1.29, 1.82) is 0 Å². The van der Waals surface area contributed by atoms with Crippen LogP contribution >= 0.6 is 15.9 Å². The molecule has 0 fully saturated rings. The predicted molar refractivity (Wildman–Crippen MR) is 83.9 cm³/mol. The molecule has 0 saturated heterocycles. The average Bonchev–Trinajstić information content (AvgIpc) is 2.98. The summed E-state index contributed by atoms with van der Waals surface area (Å²) in [7, 11) is 0. The van der Waals surface area contributed by atoms with E-state index in [-0.39, 0.29) is 17.6 Å². The summed E-state index contributed by atoms with van der Waals surface area (Å²) in [4.78, 5) is 16.0. The van der Waals surface area contributed by atoms with Gasteiger partial charge in [0.15, 0.2) is 5.69 Å². The summed E-state index contributed by atoms with van der Waals surface area (Å²) in [6, 6.07) is 7.73. The SMILES string of the molecule is CCC(N)c1nc(C(=O)NCCc2ccc(Br)cc2)co1. The van der Waals surface area contributed by atoms with Crippen LogP contribution in [0.1, 0.15) is 41.3 Å². The number of oxazole rings is 1. The van der Waals surface area contributed by atoms with Crippen LogP contribution in [0, 0.1) is 0 Å². The fourth-order valence-corrected chi connectivity index (χ4v) is 2.06. The lowest BCUT2D eigenvalue weighted by Crippen LogP contribution is -2.26. The zero-order valence-electron chi connectivity index (χ0n) is 11.8. The minimum atomic E-state index is -0.269. The number of halogens is 1. The van der Waals surface area contributed by atoms with Crippen molar-refractivity contribution in [1.82, 2.24) is 10.3 Å². The van der Waals surface area contributed by atoms with Gasteiger partial charge in [-0.1, -0.05) is 35.0 Å². The second-order valence-corrected chi connectivity index (χ2v) is 5.63. The normalized spacial score (nSPS) is 12.1. The van der Waals surface area contributed by atoms with Gasteiger partial charge in [-0.25, -0.2) is 4.98 Å². The van der Waals surface area contributed by atoms with E-state index in [9.17, 15) is 4.79 Å². The second-order valence-electron chi connectivity index (χ2n) is 4.72. The minimum Gasteiger partial charge on any atom is -0.446 e. The van der Waals surface area contributed by atoms with Crippen LogP contribution in [0.2, 0.25) is 0 Å². The number of nitrogens with one attached hydrogen (secondary N) is 1. The lowest BCUT2D eigenvalue weighted by Gasteiger charge is -2.04. The molecule has 21 heavy (non-hydrogen) atoms. The largest absolute Gasteiger partial charge is 0.446 e. The molecule has 6 heteroatoms. The molecule has 0 bridgehead atoms. The number of carbonyl (C=O) groups excluding carboxylic acids is 1. The first-order valence-electron chi connectivity index (χ1n) is 6.83. The molecule has 2 rings (SSSR count). The van der Waals surface area contributed by atoms with Crippen LogP contribution in [0.5, 0.6) is 0 Å². The molecule has 2 aromatic rings. The molecule has 1 amide bonds. The maximum atomic E-state index is 11.9. The Hall–Kier alpha value is -1.66. The van der Waals surface area contributed by atoms with Gasteiger partial charge in [-0.2, -0.15) is 0 Å². The standard InChI is InChI=1S/C15H18BrN3O2/c1-2-12(17)15-19-13(9-21-15)14(20)18-8-7-10-3-5-11(16)6-4-10/h3-6,9,12H,2,7-8,17H2,1H3,(H,18,20). The number of hydrogen-bond acceptors (Lipinski definition) is 4. The van der Waals surface area contributed by atoms with E-state index in [1.54, 1.807) is 0 Å². The Morgan fingerprint density at radius 3 is 2.81 bits per heavy atom. The first-order valence-corrected chi connectivity index (χ1v) is 7.63. The maximum absolute atomic E-state index is 11.9. The zero-order valence-corrected chi connectivity index (χ0v) is 13.4. The summed E-state index contributed by atoms with van der Waals surface area (Å²) in [6.07, 6.45) is 2.82. The predicted octanol–water partition coefficient (Wildman–Crippen LogP) is 2.82. The molecule has 112 valence electrons. The first kappa shape index (κ1) is 15.7. The van der Waals surface area contributed by atoms with Crippen molar-refractivity contribution < 1.29 is 9.21 Å². The molecule has 1 heterocycles. The van der Waals surface area contributed by atoms with Crippen molar-refractivity contribution in [2.45, 2.75) is 25.8 Å². The molecule has 1 aromatic heterocycles. The van der Waals surface area contributed by atoms with Gasteiger partial charge in [-0.15, -0.1) is 0 Å². The number of carbonyl (C=O) groups is 1. The highest BCUT2D eigenvalue weighted by molar-refractivity contribution is 9.10. The third-order valence-corrected chi connectivity index (χ3v) is 3.65. The summed E-state index contributed by atoms with van der Waals surface area (Å²) in [5.74, 6) is 0.154. The van der Waals surface area contributed by atoms with E-state index in [0.717, 1.165) is 16.5 Å². The highest BCUT2D eigenvalue weighted by Crippen LogP contribution is 2.13. The van der Waals surface area contributed by atoms with E-state index < -0.39 is 0 Å². The van der Waals surface area contributed by atoms with Gasteiger partial charge in [0.1, 0.15) is 6.26 Å². The van der Waals surface area contributed by atoms with Crippen molar-refractivity contribution in [3.8, 4) is 0 Å². The Morgan fingerprint density at radius 1 is 1.43 bits per heavy atom. The van der Waals surface area contributed by atoms with E-state index in [4.69, 9.17) is 10.2 Å². The number of nitrogens with zero attached hydrogens (tertiary/aromatic N) is 1. The summed E-state index contributed by atoms with van der Waals surface area (Å²) < 4.78 is 6.25. The molecule has 1 atom stereocenters. The molecule has 3 N–H and O–H groups in total. The average molecular weight is 352 g/mol. The Morgan fingerprint density at radius 2 is 2.14 bits per heavy atom. The van der Waals surface area contributed by atoms with Crippen LogP contribution < -0.4 is 11.1 Å². The Balaban J connectivity index is 1.84. The molecule has 0 spiro atoms. The minimum absolute atomic E-state index is 0.245. The molecule has 0 aliphatic heterocycles. The molecule has 5 nitrogen and oxygen atoms in total. The highest BCUT2D eigenvalue weighted by atomic mass is 79.9. The van der Waals surface area contributed by atoms with Crippen molar-refractivity contribution in [3.63, 3.8) is 0 Å². The van der Waals surface area contributed by atoms with Gasteiger partial charge in [0.2, 0.25) is 5.89 Å². The molecule has 1 unspecified atom stereocenters. The topological polar surface area (TPSA) is 81.1 Å². The number of rotatable bonds is 6. The molecule has 0 aliphatic rings. The third kappa shape index (κ3) is 4.41. The summed E-state index contributed by atoms with van der Waals surface area (Å²) in [6.45, 7) is 2.48. The number of aromatic nitrogens is 1. The molecule has 0 radical (unpaired) electrons. The Kier molecular flexibility index (Phi) is 5.52. The van der Waals surface area contributed by atoms with Gasteiger partial charge >= 0.3 is 0 Å². The fraction of sp³-hybridized carbons (Fsp3) is 0.333. The molecule has 0 saturated carbocycles. The lowest BCUT2D eigenvalue weighted by atomic mass is 10.1. The van der Waals surface area contributed by atoms with Crippen LogP contribution in [0.15, 0.2) is 39.4 Å². The van der Waals surface area contributed by atoms with Gasteiger partial charge in [-0.3, -0.25) is 4.79 Å². The molecule has 0 aliphatic carbocycles. The zero-order chi connectivity index (χ0) is 15.2. The van der Waals surface area contributed by atoms with Crippen molar-refractivity contribution >= 4 is 21.8 Å². The number of nitrogens with two attached hydrogens (primary N) is 1. The van der Waals surface area contributed by atoms with Crippen LogP contribution in [0.4, 0.5) is 0 Å². The van der Waals surface area contributed by atoms with E-state index in [1.165, 1.54) is 6.26 Å². The van der Waals surface area contributed by atoms with Gasteiger partial charge in [0.25, 0.3) is 5.91 Å². The van der Waals surface area contributed by atoms with Gasteiger partial charge < -0.3 is 15.5 Å². The van der Waals surface area contributed by atoms with E-state index in [2.05, 4.69) is 26.2 Å². The van der Waals surface area contributed by atoms with Crippen LogP contribution in [0.25, 0.3) is 0 Å². The first-order chi connectivity index (χ1) is 10.1. The van der Waals surface area contributed by atoms with Crippen LogP contribution in [-0.2, 0) is 6.42 Å². The summed E-state index contributed by atoms with van der Waals surface area (Å²) >= 11 is 3.39. The van der Waals surface area contributed by atoms with E-state index in [1.807, 2.05) is 31.2 Å². The highest BCUT2D eigenvalue weighted by Gasteiger charge is 2.15. The van der Waals surface area contributed by atoms with E-state index in [0.29, 0.717) is 18.9 Å². The lowest BCUT2D eigenvalue weighted by molar-refractivity contribution is 0.0949. The van der Waals surface area contributed by atoms with Gasteiger partial charge in [-0.05, 0) is 30.5 Å². The molecular formula is C15H18BrN3O2. The summed E-state index contributed by atoms with van der Waals surface area (Å²) in [5, 5.41) is 2.82. The van der Waals surface area contributed by atoms with Crippen LogP contribution in [0.3, 0.4) is 0 Å². The van der Waals surface area contributed by atoms with Crippen molar-refractivity contribution in [2.75, 3.05) is 6.54 Å². The number of hydrogen-bond donors (Lipinski definition) is 2. The number of benzene rings is 1. The smallest absolute Gasteiger partial charge is 0.273 e. The van der Waals surface area contributed by atoms with Gasteiger partial charge in [0, 0.05) is 11.0 Å². The van der Waals surface area contributed by atoms with Crippen molar-refractivity contribution in [3.05, 3.63) is 52.1 Å². The van der Waals surface area contributed by atoms with Crippen molar-refractivity contribution in [2.24, 2.45) is 5.73 Å². The maximum Gasteiger partial charge on any atom is 0.273 e. The number of amides is 1. The van der Waals surface area contributed by atoms with Gasteiger partial charge in [0.05, 0.1) is 6.04 Å². The Labute approximate surface area is 132 Å². The fourth-order valence-electron chi connectivity index (χ4n) is 1.80. The quantitative estimate of drug-likeness (QED) is 0.838. The van der Waals surface area contributed by atoms with Crippen LogP contribution in [-0.4, -0.2) is 17.4 Å². The molecule has 1 aromatic carbocycles. The third-order valence-electron chi connectivity index (χ3n) is 3.12. The second kappa shape index (κ2) is 7.38.